The number of ketones is 1. The first-order valence-corrected chi connectivity index (χ1v) is 10.7. The van der Waals surface area contributed by atoms with Crippen LogP contribution in [0.15, 0.2) is 96.4 Å². The van der Waals surface area contributed by atoms with E-state index < -0.39 is 17.2 Å². The van der Waals surface area contributed by atoms with E-state index in [2.05, 4.69) is 46.7 Å². The molecule has 1 aromatic heterocycles. The minimum absolute atomic E-state index is 0.109. The van der Waals surface area contributed by atoms with Crippen molar-refractivity contribution < 1.29 is 9.59 Å². The molecular weight excluding hydrogens is 406 g/mol. The maximum atomic E-state index is 11.7. The van der Waals surface area contributed by atoms with Gasteiger partial charge in [0.15, 0.2) is 5.13 Å². The molecule has 0 saturated heterocycles. The highest BCUT2D eigenvalue weighted by atomic mass is 32.1. The molecule has 1 amide bonds. The van der Waals surface area contributed by atoms with E-state index in [9.17, 15) is 9.59 Å². The lowest BCUT2D eigenvalue weighted by atomic mass is 9.77. The van der Waals surface area contributed by atoms with E-state index in [4.69, 9.17) is 5.73 Å². The number of nitrogens with one attached hydrogen (secondary N) is 1. The number of aromatic nitrogens is 1. The van der Waals surface area contributed by atoms with Crippen LogP contribution in [0.1, 0.15) is 22.4 Å². The van der Waals surface area contributed by atoms with Crippen molar-refractivity contribution in [3.63, 3.8) is 0 Å². The number of nitrogens with zero attached hydrogens (tertiary/aromatic N) is 1. The topological polar surface area (TPSA) is 85.1 Å². The van der Waals surface area contributed by atoms with Crippen LogP contribution in [0.3, 0.4) is 0 Å². The molecule has 31 heavy (non-hydrogen) atoms. The molecule has 0 saturated carbocycles. The van der Waals surface area contributed by atoms with E-state index in [0.717, 1.165) is 16.7 Å². The van der Waals surface area contributed by atoms with Crippen molar-refractivity contribution in [2.24, 2.45) is 5.73 Å². The summed E-state index contributed by atoms with van der Waals surface area (Å²) >= 11 is 1.39. The van der Waals surface area contributed by atoms with Crippen LogP contribution < -0.4 is 11.1 Å². The Morgan fingerprint density at radius 2 is 1.26 bits per heavy atom. The summed E-state index contributed by atoms with van der Waals surface area (Å²) in [5.74, 6) is -1.60. The quantitative estimate of drug-likeness (QED) is 0.327. The van der Waals surface area contributed by atoms with Gasteiger partial charge in [-0.2, -0.15) is 0 Å². The lowest BCUT2D eigenvalue weighted by Gasteiger charge is -2.36. The Bertz CT molecular complexity index is 1080. The number of amides is 1. The number of thiazole rings is 1. The number of hydrogen-bond donors (Lipinski definition) is 2. The van der Waals surface area contributed by atoms with Gasteiger partial charge in [0.2, 0.25) is 5.78 Å². The number of primary amides is 1. The maximum absolute atomic E-state index is 11.7. The molecule has 0 aliphatic heterocycles. The summed E-state index contributed by atoms with van der Waals surface area (Å²) < 4.78 is 0. The molecule has 0 atom stereocenters. The summed E-state index contributed by atoms with van der Waals surface area (Å²) in [6.45, 7) is 0. The van der Waals surface area contributed by atoms with Gasteiger partial charge in [0, 0.05) is 5.38 Å². The smallest absolute Gasteiger partial charge is 0.285 e. The zero-order chi connectivity index (χ0) is 21.7. The van der Waals surface area contributed by atoms with Crippen molar-refractivity contribution in [2.45, 2.75) is 12.0 Å². The molecule has 0 radical (unpaired) electrons. The second-order valence-corrected chi connectivity index (χ2v) is 7.94. The van der Waals surface area contributed by atoms with Gasteiger partial charge in [-0.3, -0.25) is 9.59 Å². The van der Waals surface area contributed by atoms with E-state index in [1.165, 1.54) is 11.3 Å². The summed E-state index contributed by atoms with van der Waals surface area (Å²) in [4.78, 5) is 27.4. The monoisotopic (exact) mass is 427 g/mol. The van der Waals surface area contributed by atoms with Gasteiger partial charge in [0.1, 0.15) is 5.54 Å². The fourth-order valence-corrected chi connectivity index (χ4v) is 4.40. The lowest BCUT2D eigenvalue weighted by molar-refractivity contribution is -0.135. The van der Waals surface area contributed by atoms with Gasteiger partial charge in [0.05, 0.1) is 12.1 Å². The molecule has 4 rings (SSSR count). The van der Waals surface area contributed by atoms with Crippen LogP contribution in [-0.4, -0.2) is 16.7 Å². The van der Waals surface area contributed by atoms with Crippen LogP contribution in [0.2, 0.25) is 0 Å². The number of hydrogen-bond acceptors (Lipinski definition) is 5. The van der Waals surface area contributed by atoms with Gasteiger partial charge < -0.3 is 11.1 Å². The summed E-state index contributed by atoms with van der Waals surface area (Å²) in [7, 11) is 0. The molecule has 0 aliphatic rings. The van der Waals surface area contributed by atoms with E-state index in [1.807, 2.05) is 54.6 Å². The minimum Gasteiger partial charge on any atom is -0.363 e. The highest BCUT2D eigenvalue weighted by molar-refractivity contribution is 7.13. The SMILES string of the molecule is NC(=O)C(=O)Cc1csc(NC(c2ccccc2)(c2ccccc2)c2ccccc2)n1. The van der Waals surface area contributed by atoms with Crippen molar-refractivity contribution in [3.05, 3.63) is 119 Å². The van der Waals surface area contributed by atoms with Crippen LogP contribution in [0.5, 0.6) is 0 Å². The highest BCUT2D eigenvalue weighted by Crippen LogP contribution is 2.40. The van der Waals surface area contributed by atoms with Gasteiger partial charge in [-0.05, 0) is 16.7 Å². The molecule has 0 aliphatic carbocycles. The lowest BCUT2D eigenvalue weighted by Crippen LogP contribution is -2.38. The van der Waals surface area contributed by atoms with Crippen molar-refractivity contribution >= 4 is 28.2 Å². The highest BCUT2D eigenvalue weighted by Gasteiger charge is 2.37. The first-order valence-electron chi connectivity index (χ1n) is 9.81. The molecule has 154 valence electrons. The van der Waals surface area contributed by atoms with Crippen LogP contribution in [0, 0.1) is 0 Å². The van der Waals surface area contributed by atoms with Gasteiger partial charge in [-0.25, -0.2) is 4.98 Å². The van der Waals surface area contributed by atoms with Crippen LogP contribution in [0.25, 0.3) is 0 Å². The first-order chi connectivity index (χ1) is 15.1. The number of benzene rings is 3. The maximum Gasteiger partial charge on any atom is 0.285 e. The van der Waals surface area contributed by atoms with Crippen LogP contribution >= 0.6 is 11.3 Å². The minimum atomic E-state index is -0.949. The number of rotatable bonds is 8. The molecule has 0 bridgehead atoms. The van der Waals surface area contributed by atoms with Gasteiger partial charge in [-0.1, -0.05) is 91.0 Å². The summed E-state index contributed by atoms with van der Waals surface area (Å²) in [6.07, 6.45) is -0.109. The molecular formula is C25H21N3O2S. The molecule has 3 N–H and O–H groups in total. The first kappa shape index (κ1) is 20.5. The molecule has 0 spiro atoms. The Morgan fingerprint density at radius 3 is 1.68 bits per heavy atom. The van der Waals surface area contributed by atoms with Crippen molar-refractivity contribution in [1.29, 1.82) is 0 Å². The summed E-state index contributed by atoms with van der Waals surface area (Å²) in [5, 5.41) is 6.06. The molecule has 4 aromatic rings. The Labute approximate surface area is 184 Å². The third-order valence-electron chi connectivity index (χ3n) is 5.08. The van der Waals surface area contributed by atoms with Crippen molar-refractivity contribution in [2.75, 3.05) is 5.32 Å². The normalized spacial score (nSPS) is 11.1. The fraction of sp³-hybridized carbons (Fsp3) is 0.0800. The predicted molar refractivity (Wildman–Crippen MR) is 123 cm³/mol. The van der Waals surface area contributed by atoms with Crippen LogP contribution in [-0.2, 0) is 21.5 Å². The van der Waals surface area contributed by atoms with E-state index >= 15 is 0 Å². The van der Waals surface area contributed by atoms with E-state index in [-0.39, 0.29) is 6.42 Å². The third kappa shape index (κ3) is 4.25. The molecule has 0 unspecified atom stereocenters. The average molecular weight is 428 g/mol. The largest absolute Gasteiger partial charge is 0.363 e. The summed E-state index contributed by atoms with van der Waals surface area (Å²) in [6, 6.07) is 30.5. The number of Topliss-reactive ketones (excluding diaryl/α,β-unsaturated/α-hetero) is 1. The Balaban J connectivity index is 1.84. The number of carbonyl (C=O) groups is 2. The Hall–Kier alpha value is -3.77. The van der Waals surface area contributed by atoms with Crippen molar-refractivity contribution in [1.82, 2.24) is 4.98 Å². The second-order valence-electron chi connectivity index (χ2n) is 7.08. The summed E-state index contributed by atoms with van der Waals surface area (Å²) in [5.41, 5.74) is 8.06. The zero-order valence-electron chi connectivity index (χ0n) is 16.7. The van der Waals surface area contributed by atoms with E-state index in [1.54, 1.807) is 5.38 Å². The second kappa shape index (κ2) is 8.93. The molecule has 5 nitrogen and oxygen atoms in total. The van der Waals surface area contributed by atoms with Gasteiger partial charge in [0.25, 0.3) is 5.91 Å². The standard InChI is InChI=1S/C25H21N3O2S/c26-23(30)22(29)16-21-17-31-24(27-21)28-25(18-10-4-1-5-11-18,19-12-6-2-7-13-19)20-14-8-3-9-15-20/h1-15,17H,16H2,(H2,26,30)(H,27,28). The Morgan fingerprint density at radius 1 is 0.806 bits per heavy atom. The van der Waals surface area contributed by atoms with E-state index in [0.29, 0.717) is 10.8 Å². The van der Waals surface area contributed by atoms with Crippen molar-refractivity contribution in [3.8, 4) is 0 Å². The predicted octanol–water partition coefficient (Wildman–Crippen LogP) is 4.14. The fourth-order valence-electron chi connectivity index (χ4n) is 3.64. The average Bonchev–Trinajstić information content (AvgIpc) is 3.25. The van der Waals surface area contributed by atoms with Gasteiger partial charge >= 0.3 is 0 Å². The molecule has 6 heteroatoms. The number of nitrogens with two attached hydrogens (primary N) is 1. The number of anilines is 1. The number of carbonyl (C=O) groups excluding carboxylic acids is 2. The zero-order valence-corrected chi connectivity index (χ0v) is 17.5. The third-order valence-corrected chi connectivity index (χ3v) is 5.89. The molecule has 1 heterocycles. The van der Waals surface area contributed by atoms with Gasteiger partial charge in [-0.15, -0.1) is 11.3 Å². The van der Waals surface area contributed by atoms with Crippen LogP contribution in [0.4, 0.5) is 5.13 Å². The molecule has 3 aromatic carbocycles. The Kier molecular flexibility index (Phi) is 5.91. The molecule has 0 fully saturated rings.